The average molecular weight is 266 g/mol. The van der Waals surface area contributed by atoms with Gasteiger partial charge in [-0.2, -0.15) is 5.10 Å². The lowest BCUT2D eigenvalue weighted by molar-refractivity contribution is 0.00579. The zero-order valence-electron chi connectivity index (χ0n) is 12.1. The molecule has 0 aromatic carbocycles. The third-order valence-electron chi connectivity index (χ3n) is 3.68. The van der Waals surface area contributed by atoms with Gasteiger partial charge in [-0.05, 0) is 32.8 Å². The van der Waals surface area contributed by atoms with E-state index in [4.69, 9.17) is 4.74 Å². The molecule has 0 saturated heterocycles. The van der Waals surface area contributed by atoms with Crippen molar-refractivity contribution in [1.82, 2.24) is 9.78 Å². The lowest BCUT2D eigenvalue weighted by Gasteiger charge is -2.21. The van der Waals surface area contributed by atoms with Gasteiger partial charge in [0.2, 0.25) is 0 Å². The number of aliphatic hydroxyl groups is 1. The van der Waals surface area contributed by atoms with Gasteiger partial charge in [0.1, 0.15) is 0 Å². The van der Waals surface area contributed by atoms with Crippen molar-refractivity contribution in [2.75, 3.05) is 6.61 Å². The minimum absolute atomic E-state index is 0.162. The van der Waals surface area contributed by atoms with Crippen molar-refractivity contribution >= 4 is 0 Å². The third-order valence-corrected chi connectivity index (χ3v) is 3.68. The van der Waals surface area contributed by atoms with Crippen molar-refractivity contribution in [1.29, 1.82) is 0 Å². The van der Waals surface area contributed by atoms with Gasteiger partial charge in [0.05, 0.1) is 30.6 Å². The van der Waals surface area contributed by atoms with E-state index in [1.165, 1.54) is 32.1 Å². The average Bonchev–Trinajstić information content (AvgIpc) is 2.86. The van der Waals surface area contributed by atoms with E-state index in [9.17, 15) is 5.11 Å². The summed E-state index contributed by atoms with van der Waals surface area (Å²) in [5, 5.41) is 14.5. The molecular formula is C15H26N2O2. The van der Waals surface area contributed by atoms with Gasteiger partial charge in [0.25, 0.3) is 0 Å². The van der Waals surface area contributed by atoms with E-state index in [1.54, 1.807) is 0 Å². The van der Waals surface area contributed by atoms with Gasteiger partial charge >= 0.3 is 0 Å². The fourth-order valence-electron chi connectivity index (χ4n) is 2.64. The van der Waals surface area contributed by atoms with Crippen molar-refractivity contribution in [3.8, 4) is 0 Å². The molecule has 1 fully saturated rings. The number of rotatable bonds is 6. The first-order valence-corrected chi connectivity index (χ1v) is 7.49. The first-order valence-electron chi connectivity index (χ1n) is 7.49. The molecule has 1 heterocycles. The maximum absolute atomic E-state index is 9.90. The normalized spacial score (nSPS) is 18.9. The van der Waals surface area contributed by atoms with E-state index in [0.29, 0.717) is 19.1 Å². The van der Waals surface area contributed by atoms with Crippen LogP contribution < -0.4 is 0 Å². The Morgan fingerprint density at radius 3 is 2.79 bits per heavy atom. The summed E-state index contributed by atoms with van der Waals surface area (Å²) in [6.45, 7) is 4.34. The summed E-state index contributed by atoms with van der Waals surface area (Å²) in [7, 11) is 0. The second-order valence-corrected chi connectivity index (χ2v) is 5.82. The second kappa shape index (κ2) is 7.06. The van der Waals surface area contributed by atoms with Crippen molar-refractivity contribution in [3.05, 3.63) is 18.0 Å². The molecule has 0 aliphatic heterocycles. The van der Waals surface area contributed by atoms with Crippen LogP contribution >= 0.6 is 0 Å². The zero-order valence-corrected chi connectivity index (χ0v) is 12.1. The van der Waals surface area contributed by atoms with E-state index in [1.807, 2.05) is 19.9 Å². The molecule has 1 aliphatic rings. The first kappa shape index (κ1) is 14.5. The predicted octanol–water partition coefficient (Wildman–Crippen LogP) is 2.72. The standard InChI is InChI=1S/C15H26N2O2/c1-12(2)19-11-15(18)10-13-8-9-17(16-13)14-6-4-3-5-7-14/h8-9,12,14-15,18H,3-7,10-11H2,1-2H3. The number of nitrogens with zero attached hydrogens (tertiary/aromatic N) is 2. The molecule has 108 valence electrons. The highest BCUT2D eigenvalue weighted by Crippen LogP contribution is 2.27. The topological polar surface area (TPSA) is 47.3 Å². The summed E-state index contributed by atoms with van der Waals surface area (Å²) in [4.78, 5) is 0. The molecule has 1 aromatic rings. The summed E-state index contributed by atoms with van der Waals surface area (Å²) in [6.07, 6.45) is 8.78. The van der Waals surface area contributed by atoms with E-state index in [0.717, 1.165) is 5.69 Å². The number of hydrogen-bond acceptors (Lipinski definition) is 3. The van der Waals surface area contributed by atoms with Crippen LogP contribution in [-0.4, -0.2) is 33.7 Å². The summed E-state index contributed by atoms with van der Waals surface area (Å²) in [5.74, 6) is 0. The van der Waals surface area contributed by atoms with Gasteiger partial charge in [0.15, 0.2) is 0 Å². The molecule has 1 atom stereocenters. The molecule has 1 unspecified atom stereocenters. The minimum atomic E-state index is -0.461. The van der Waals surface area contributed by atoms with Gasteiger partial charge in [0, 0.05) is 12.6 Å². The van der Waals surface area contributed by atoms with Crippen LogP contribution in [0.5, 0.6) is 0 Å². The molecule has 1 aliphatic carbocycles. The monoisotopic (exact) mass is 266 g/mol. The Balaban J connectivity index is 1.82. The zero-order chi connectivity index (χ0) is 13.7. The lowest BCUT2D eigenvalue weighted by Crippen LogP contribution is -2.21. The second-order valence-electron chi connectivity index (χ2n) is 5.82. The van der Waals surface area contributed by atoms with Crippen LogP contribution in [0.3, 0.4) is 0 Å². The number of ether oxygens (including phenoxy) is 1. The number of hydrogen-bond donors (Lipinski definition) is 1. The number of aromatic nitrogens is 2. The summed E-state index contributed by atoms with van der Waals surface area (Å²) in [6, 6.07) is 2.58. The molecule has 1 aromatic heterocycles. The summed E-state index contributed by atoms with van der Waals surface area (Å²) >= 11 is 0. The van der Waals surface area contributed by atoms with Crippen molar-refractivity contribution < 1.29 is 9.84 Å². The molecule has 1 N–H and O–H groups in total. The number of aliphatic hydroxyl groups excluding tert-OH is 1. The van der Waals surface area contributed by atoms with Gasteiger partial charge in [-0.1, -0.05) is 19.3 Å². The maximum Gasteiger partial charge on any atom is 0.0829 e. The SMILES string of the molecule is CC(C)OCC(O)Cc1ccn(C2CCCCC2)n1. The Morgan fingerprint density at radius 1 is 1.37 bits per heavy atom. The summed E-state index contributed by atoms with van der Waals surface area (Å²) < 4.78 is 7.50. The lowest BCUT2D eigenvalue weighted by atomic mass is 9.96. The fraction of sp³-hybridized carbons (Fsp3) is 0.800. The molecule has 4 nitrogen and oxygen atoms in total. The molecule has 19 heavy (non-hydrogen) atoms. The van der Waals surface area contributed by atoms with E-state index < -0.39 is 6.10 Å². The quantitative estimate of drug-likeness (QED) is 0.861. The highest BCUT2D eigenvalue weighted by atomic mass is 16.5. The van der Waals surface area contributed by atoms with Crippen molar-refractivity contribution in [2.24, 2.45) is 0 Å². The predicted molar refractivity (Wildman–Crippen MR) is 75.1 cm³/mol. The van der Waals surface area contributed by atoms with Crippen LogP contribution in [0, 0.1) is 0 Å². The van der Waals surface area contributed by atoms with Crippen LogP contribution in [0.2, 0.25) is 0 Å². The molecule has 0 amide bonds. The van der Waals surface area contributed by atoms with Crippen molar-refractivity contribution in [3.63, 3.8) is 0 Å². The van der Waals surface area contributed by atoms with E-state index >= 15 is 0 Å². The van der Waals surface area contributed by atoms with Crippen LogP contribution in [0.15, 0.2) is 12.3 Å². The van der Waals surface area contributed by atoms with E-state index in [2.05, 4.69) is 16.0 Å². The fourth-order valence-corrected chi connectivity index (χ4v) is 2.64. The van der Waals surface area contributed by atoms with Gasteiger partial charge in [-0.3, -0.25) is 4.68 Å². The first-order chi connectivity index (χ1) is 9.15. The largest absolute Gasteiger partial charge is 0.390 e. The Hall–Kier alpha value is -0.870. The summed E-state index contributed by atoms with van der Waals surface area (Å²) in [5.41, 5.74) is 0.963. The Kier molecular flexibility index (Phi) is 5.40. The minimum Gasteiger partial charge on any atom is -0.390 e. The van der Waals surface area contributed by atoms with Crippen LogP contribution in [-0.2, 0) is 11.2 Å². The van der Waals surface area contributed by atoms with Gasteiger partial charge < -0.3 is 9.84 Å². The van der Waals surface area contributed by atoms with Gasteiger partial charge in [-0.15, -0.1) is 0 Å². The van der Waals surface area contributed by atoms with E-state index in [-0.39, 0.29) is 6.10 Å². The highest BCUT2D eigenvalue weighted by molar-refractivity contribution is 5.01. The third kappa shape index (κ3) is 4.62. The van der Waals surface area contributed by atoms with Crippen LogP contribution in [0.4, 0.5) is 0 Å². The smallest absolute Gasteiger partial charge is 0.0829 e. The van der Waals surface area contributed by atoms with Gasteiger partial charge in [-0.25, -0.2) is 0 Å². The molecule has 0 bridgehead atoms. The van der Waals surface area contributed by atoms with Crippen LogP contribution in [0.25, 0.3) is 0 Å². The highest BCUT2D eigenvalue weighted by Gasteiger charge is 2.17. The molecule has 0 spiro atoms. The molecular weight excluding hydrogens is 240 g/mol. The maximum atomic E-state index is 9.90. The molecule has 4 heteroatoms. The Bertz CT molecular complexity index is 370. The molecule has 0 radical (unpaired) electrons. The Labute approximate surface area is 115 Å². The van der Waals surface area contributed by atoms with Crippen molar-refractivity contribution in [2.45, 2.75) is 70.6 Å². The Morgan fingerprint density at radius 2 is 2.11 bits per heavy atom. The molecule has 1 saturated carbocycles. The molecule has 2 rings (SSSR count). The van der Waals surface area contributed by atoms with Crippen LogP contribution in [0.1, 0.15) is 57.7 Å².